The molecule has 0 N–H and O–H groups in total. The van der Waals surface area contributed by atoms with Crippen LogP contribution in [-0.2, 0) is 115 Å². The number of cyclic esters (lactones) is 16. The maximum absolute atomic E-state index is 11.7. The lowest BCUT2D eigenvalue weighted by Crippen LogP contribution is -2.50. The second-order valence-corrected chi connectivity index (χ2v) is 16.7. The number of esters is 16. The molecule has 62 heavy (non-hydrogen) atoms. The van der Waals surface area contributed by atoms with Gasteiger partial charge in [0.2, 0.25) is 0 Å². The molecule has 12 aliphatic rings. The van der Waals surface area contributed by atoms with E-state index in [2.05, 4.69) is 28.4 Å². The van der Waals surface area contributed by atoms with Gasteiger partial charge in [-0.3, -0.25) is 76.7 Å². The molecule has 0 aromatic carbocycles. The third-order valence-corrected chi connectivity index (χ3v) is 13.9. The minimum absolute atomic E-state index is 0.0138. The van der Waals surface area contributed by atoms with Crippen LogP contribution in [-0.4, -0.2) is 95.5 Å². The smallest absolute Gasteiger partial charge is 0.318 e. The van der Waals surface area contributed by atoms with Crippen LogP contribution in [0.1, 0.15) is 38.5 Å². The lowest BCUT2D eigenvalue weighted by Gasteiger charge is -2.33. The van der Waals surface area contributed by atoms with Crippen LogP contribution in [0, 0.1) is 94.7 Å². The first kappa shape index (κ1) is 40.5. The van der Waals surface area contributed by atoms with Gasteiger partial charge in [-0.1, -0.05) is 0 Å². The zero-order chi connectivity index (χ0) is 44.4. The minimum atomic E-state index is -0.846. The van der Waals surface area contributed by atoms with Gasteiger partial charge in [-0.25, -0.2) is 0 Å². The summed E-state index contributed by atoms with van der Waals surface area (Å²) < 4.78 is 35.7. The Balaban J connectivity index is 0.000000106. The van der Waals surface area contributed by atoms with Crippen molar-refractivity contribution in [2.75, 3.05) is 0 Å². The zero-order valence-electron chi connectivity index (χ0n) is 31.3. The van der Waals surface area contributed by atoms with E-state index >= 15 is 0 Å². The van der Waals surface area contributed by atoms with Gasteiger partial charge >= 0.3 is 95.5 Å². The van der Waals surface area contributed by atoms with E-state index in [-0.39, 0.29) is 31.1 Å². The SMILES string of the molecule is O=C1CC(C2CC(=O)OC2=O)C(=O)O1.O=C1CC2C3CC(C(=O)OC3=O)C2C(=O)O1.O=C1OC(=O)C2C1C1C(=O)OC(=O)C21.O=C1OC(=O)C2CC1C1C3CC(C(=O)OC3=O)C21. The van der Waals surface area contributed by atoms with Gasteiger partial charge in [-0.2, -0.15) is 0 Å². The summed E-state index contributed by atoms with van der Waals surface area (Å²) >= 11 is 0. The Labute approximate surface area is 343 Å². The second kappa shape index (κ2) is 14.4. The molecule has 12 fully saturated rings. The Kier molecular flexibility index (Phi) is 9.39. The monoisotopic (exact) mass is 868 g/mol. The molecule has 4 aliphatic carbocycles. The number of carbonyl (C=O) groups is 16. The second-order valence-electron chi connectivity index (χ2n) is 16.7. The van der Waals surface area contributed by atoms with E-state index in [4.69, 9.17) is 9.47 Å². The first-order valence-electron chi connectivity index (χ1n) is 19.4. The van der Waals surface area contributed by atoms with Crippen molar-refractivity contribution in [2.45, 2.75) is 38.5 Å². The van der Waals surface area contributed by atoms with Crippen molar-refractivity contribution >= 4 is 95.5 Å². The average molecular weight is 869 g/mol. The molecule has 0 amide bonds. The van der Waals surface area contributed by atoms with Crippen LogP contribution in [0.3, 0.4) is 0 Å². The predicted octanol–water partition coefficient (Wildman–Crippen LogP) is -3.13. The summed E-state index contributed by atoms with van der Waals surface area (Å²) in [5, 5.41) is 0. The molecule has 10 unspecified atom stereocenters. The van der Waals surface area contributed by atoms with E-state index in [0.717, 1.165) is 0 Å². The molecule has 0 spiro atoms. The highest BCUT2D eigenvalue weighted by Gasteiger charge is 2.73. The fourth-order valence-electron chi connectivity index (χ4n) is 11.2. The Bertz CT molecular complexity index is 2080. The Morgan fingerprint density at radius 1 is 0.242 bits per heavy atom. The van der Waals surface area contributed by atoms with Crippen LogP contribution in [0.25, 0.3) is 0 Å². The molecule has 24 heteroatoms. The molecular formula is C38H28O24. The maximum atomic E-state index is 11.7. The highest BCUT2D eigenvalue weighted by molar-refractivity contribution is 6.10. The predicted molar refractivity (Wildman–Crippen MR) is 172 cm³/mol. The van der Waals surface area contributed by atoms with Gasteiger partial charge in [0, 0.05) is 0 Å². The Morgan fingerprint density at radius 2 is 0.500 bits per heavy atom. The minimum Gasteiger partial charge on any atom is -0.393 e. The molecule has 0 aromatic heterocycles. The molecule has 8 heterocycles. The highest BCUT2D eigenvalue weighted by atomic mass is 16.6. The lowest BCUT2D eigenvalue weighted by atomic mass is 9.59. The molecule has 10 atom stereocenters. The summed E-state index contributed by atoms with van der Waals surface area (Å²) in [6.45, 7) is 0. The average Bonchev–Trinajstić information content (AvgIpc) is 4.01. The van der Waals surface area contributed by atoms with Crippen molar-refractivity contribution in [2.24, 2.45) is 94.7 Å². The zero-order valence-corrected chi connectivity index (χ0v) is 31.3. The van der Waals surface area contributed by atoms with Gasteiger partial charge in [0.1, 0.15) is 0 Å². The first-order chi connectivity index (χ1) is 29.3. The third-order valence-electron chi connectivity index (χ3n) is 13.9. The number of hydrogen-bond donors (Lipinski definition) is 0. The van der Waals surface area contributed by atoms with Crippen LogP contribution >= 0.6 is 0 Å². The van der Waals surface area contributed by atoms with Gasteiger partial charge in [0.05, 0.1) is 96.2 Å². The van der Waals surface area contributed by atoms with E-state index in [1.54, 1.807) is 0 Å². The van der Waals surface area contributed by atoms with Crippen molar-refractivity contribution in [1.82, 2.24) is 0 Å². The summed E-state index contributed by atoms with van der Waals surface area (Å²) in [7, 11) is 0. The normalized spacial score (nSPS) is 42.1. The van der Waals surface area contributed by atoms with E-state index in [0.29, 0.717) is 19.3 Å². The van der Waals surface area contributed by atoms with Gasteiger partial charge in [-0.05, 0) is 37.0 Å². The fraction of sp³-hybridized carbons (Fsp3) is 0.579. The molecule has 8 saturated heterocycles. The summed E-state index contributed by atoms with van der Waals surface area (Å²) in [6, 6.07) is 0. The Morgan fingerprint density at radius 3 is 0.855 bits per heavy atom. The van der Waals surface area contributed by atoms with Gasteiger partial charge in [0.25, 0.3) is 0 Å². The lowest BCUT2D eigenvalue weighted by molar-refractivity contribution is -0.175. The molecule has 24 nitrogen and oxygen atoms in total. The molecule has 324 valence electrons. The number of hydrogen-bond acceptors (Lipinski definition) is 24. The van der Waals surface area contributed by atoms with Crippen molar-refractivity contribution in [3.05, 3.63) is 0 Å². The van der Waals surface area contributed by atoms with Gasteiger partial charge in [0.15, 0.2) is 0 Å². The number of rotatable bonds is 1. The van der Waals surface area contributed by atoms with Gasteiger partial charge in [-0.15, -0.1) is 0 Å². The Hall–Kier alpha value is -6.88. The van der Waals surface area contributed by atoms with Gasteiger partial charge < -0.3 is 37.9 Å². The van der Waals surface area contributed by atoms with Crippen molar-refractivity contribution in [1.29, 1.82) is 0 Å². The standard InChI is InChI=1S/C12H10O6.C10H8O6.C8H4O6.C8H6O6/c13-9-3-1-4(10(14)17-9)8-6-2-5(7(3)8)11(15)18-12(6)16;11-6-2-3-4-1-5(7(3)10(14)15-6)9(13)16-8(4)12;9-5-1-2(6(10)13-5)4-3(1)7(11)14-8(4)12;9-5-1-3(7(11)13-5)4-2-6(10)14-8(4)12/h3-8H,1-2H2;3-5,7H,1-2H2;1-4H;3-4H,1-2H2. The summed E-state index contributed by atoms with van der Waals surface area (Å²) in [4.78, 5) is 180. The number of fused-ring (bicyclic) bond motifs is 18. The fourth-order valence-corrected chi connectivity index (χ4v) is 11.2. The van der Waals surface area contributed by atoms with E-state index < -0.39 is 178 Å². The highest BCUT2D eigenvalue weighted by Crippen LogP contribution is 2.61. The quantitative estimate of drug-likeness (QED) is 0.109. The maximum Gasteiger partial charge on any atom is 0.318 e. The molecule has 0 aromatic rings. The number of ether oxygens (including phenoxy) is 8. The van der Waals surface area contributed by atoms with Crippen molar-refractivity contribution < 1.29 is 115 Å². The van der Waals surface area contributed by atoms with Crippen LogP contribution in [0.2, 0.25) is 0 Å². The van der Waals surface area contributed by atoms with E-state index in [9.17, 15) is 76.7 Å². The van der Waals surface area contributed by atoms with E-state index in [1.165, 1.54) is 0 Å². The van der Waals surface area contributed by atoms with Crippen LogP contribution in [0.4, 0.5) is 0 Å². The molecule has 8 aliphatic heterocycles. The summed E-state index contributed by atoms with van der Waals surface area (Å²) in [5.41, 5.74) is 0. The van der Waals surface area contributed by atoms with Crippen LogP contribution in [0.5, 0.6) is 0 Å². The van der Waals surface area contributed by atoms with Crippen LogP contribution in [0.15, 0.2) is 0 Å². The molecular weight excluding hydrogens is 840 g/mol. The number of carbonyl (C=O) groups excluding carboxylic acids is 16. The largest absolute Gasteiger partial charge is 0.393 e. The molecule has 0 radical (unpaired) electrons. The van der Waals surface area contributed by atoms with Crippen LogP contribution < -0.4 is 0 Å². The van der Waals surface area contributed by atoms with Crippen molar-refractivity contribution in [3.63, 3.8) is 0 Å². The summed E-state index contributed by atoms with van der Waals surface area (Å²) in [6.07, 6.45) is 0.855. The molecule has 12 rings (SSSR count). The first-order valence-corrected chi connectivity index (χ1v) is 19.4. The third kappa shape index (κ3) is 6.15. The topological polar surface area (TPSA) is 347 Å². The van der Waals surface area contributed by atoms with E-state index in [1.807, 2.05) is 0 Å². The van der Waals surface area contributed by atoms with Crippen molar-refractivity contribution in [3.8, 4) is 0 Å². The summed E-state index contributed by atoms with van der Waals surface area (Å²) in [5.74, 6) is -19.7. The molecule has 4 saturated carbocycles. The molecule has 6 bridgehead atoms.